The lowest BCUT2D eigenvalue weighted by Crippen LogP contribution is -2.21. The minimum atomic E-state index is 0.0233. The molecule has 2 nitrogen and oxygen atoms in total. The van der Waals surface area contributed by atoms with Gasteiger partial charge in [0.2, 0.25) is 0 Å². The van der Waals surface area contributed by atoms with Crippen LogP contribution >= 0.6 is 0 Å². The minimum Gasteiger partial charge on any atom is -0.466 e. The molecule has 0 aromatic carbocycles. The van der Waals surface area contributed by atoms with Crippen LogP contribution in [0.25, 0.3) is 0 Å². The van der Waals surface area contributed by atoms with Gasteiger partial charge in [0, 0.05) is 6.42 Å². The van der Waals surface area contributed by atoms with Crippen molar-refractivity contribution in [2.24, 2.45) is 5.41 Å². The van der Waals surface area contributed by atoms with Gasteiger partial charge in [-0.1, -0.05) is 207 Å². The minimum absolute atomic E-state index is 0.0233. The number of hydrogen-bond acceptors (Lipinski definition) is 2. The van der Waals surface area contributed by atoms with E-state index in [1.165, 1.54) is 205 Å². The van der Waals surface area contributed by atoms with Gasteiger partial charge in [0.15, 0.2) is 0 Å². The van der Waals surface area contributed by atoms with Crippen LogP contribution in [0, 0.1) is 5.41 Å². The molecule has 44 heavy (non-hydrogen) atoms. The van der Waals surface area contributed by atoms with Crippen LogP contribution < -0.4 is 0 Å². The zero-order valence-corrected chi connectivity index (χ0v) is 31.3. The number of esters is 1. The molecule has 0 aromatic heterocycles. The van der Waals surface area contributed by atoms with Crippen molar-refractivity contribution in [3.8, 4) is 0 Å². The van der Waals surface area contributed by atoms with Crippen molar-refractivity contribution in [2.45, 2.75) is 252 Å². The summed E-state index contributed by atoms with van der Waals surface area (Å²) in [6.45, 7) is 9.94. The second-order valence-corrected chi connectivity index (χ2v) is 14.7. The quantitative estimate of drug-likeness (QED) is 0.0510. The SMILES string of the molecule is CCCCCCCCCC(=O)OCCCCCCCCCCCCCC(CCCCCC)(CCCCCC)CCCCCC. The topological polar surface area (TPSA) is 26.3 Å². The average Bonchev–Trinajstić information content (AvgIpc) is 3.03. The Labute approximate surface area is 279 Å². The lowest BCUT2D eigenvalue weighted by molar-refractivity contribution is -0.143. The molecule has 264 valence electrons. The molecule has 0 aliphatic carbocycles. The van der Waals surface area contributed by atoms with Gasteiger partial charge < -0.3 is 4.74 Å². The molecule has 0 amide bonds. The summed E-state index contributed by atoms with van der Waals surface area (Å²) in [5, 5.41) is 0. The predicted molar refractivity (Wildman–Crippen MR) is 198 cm³/mol. The number of hydrogen-bond donors (Lipinski definition) is 0. The summed E-state index contributed by atoms with van der Waals surface area (Å²) >= 11 is 0. The Balaban J connectivity index is 3.95. The number of carbonyl (C=O) groups is 1. The van der Waals surface area contributed by atoms with Gasteiger partial charge in [0.25, 0.3) is 0 Å². The number of unbranched alkanes of at least 4 members (excludes halogenated alkanes) is 25. The molecule has 0 aliphatic heterocycles. The second-order valence-electron chi connectivity index (χ2n) is 14.7. The monoisotopic (exact) mass is 621 g/mol. The summed E-state index contributed by atoms with van der Waals surface area (Å²) in [7, 11) is 0. The van der Waals surface area contributed by atoms with Gasteiger partial charge in [-0.25, -0.2) is 0 Å². The number of carbonyl (C=O) groups excluding carboxylic acids is 1. The lowest BCUT2D eigenvalue weighted by atomic mass is 9.70. The Kier molecular flexibility index (Phi) is 34.9. The van der Waals surface area contributed by atoms with Crippen molar-refractivity contribution in [3.63, 3.8) is 0 Å². The summed E-state index contributed by atoms with van der Waals surface area (Å²) in [5.74, 6) is 0.0233. The van der Waals surface area contributed by atoms with E-state index in [4.69, 9.17) is 4.74 Å². The maximum atomic E-state index is 11.9. The van der Waals surface area contributed by atoms with E-state index >= 15 is 0 Å². The molecule has 0 N–H and O–H groups in total. The van der Waals surface area contributed by atoms with Crippen LogP contribution in [-0.2, 0) is 9.53 Å². The van der Waals surface area contributed by atoms with Gasteiger partial charge in [-0.05, 0) is 43.9 Å². The van der Waals surface area contributed by atoms with Crippen molar-refractivity contribution < 1.29 is 9.53 Å². The molecule has 0 heterocycles. The van der Waals surface area contributed by atoms with Gasteiger partial charge in [0.05, 0.1) is 6.61 Å². The summed E-state index contributed by atoms with van der Waals surface area (Å²) in [5.41, 5.74) is 0.654. The smallest absolute Gasteiger partial charge is 0.305 e. The third-order valence-electron chi connectivity index (χ3n) is 10.3. The van der Waals surface area contributed by atoms with Gasteiger partial charge in [-0.15, -0.1) is 0 Å². The van der Waals surface area contributed by atoms with Crippen LogP contribution in [0.1, 0.15) is 252 Å². The van der Waals surface area contributed by atoms with Crippen LogP contribution in [0.2, 0.25) is 0 Å². The molecule has 0 radical (unpaired) electrons. The Morgan fingerprint density at radius 3 is 1.00 bits per heavy atom. The first kappa shape index (κ1) is 43.5. The molecule has 0 bridgehead atoms. The molecular formula is C42H84O2. The Bertz CT molecular complexity index is 525. The van der Waals surface area contributed by atoms with Gasteiger partial charge in [-0.2, -0.15) is 0 Å². The van der Waals surface area contributed by atoms with Gasteiger partial charge in [0.1, 0.15) is 0 Å². The van der Waals surface area contributed by atoms with E-state index in [1.54, 1.807) is 0 Å². The highest BCUT2D eigenvalue weighted by molar-refractivity contribution is 5.69. The van der Waals surface area contributed by atoms with Crippen LogP contribution in [0.5, 0.6) is 0 Å². The van der Waals surface area contributed by atoms with Crippen LogP contribution in [0.4, 0.5) is 0 Å². The van der Waals surface area contributed by atoms with E-state index in [0.717, 1.165) is 12.8 Å². The van der Waals surface area contributed by atoms with Crippen molar-refractivity contribution in [1.82, 2.24) is 0 Å². The molecule has 2 heteroatoms. The molecule has 0 spiro atoms. The molecular weight excluding hydrogens is 536 g/mol. The fraction of sp³-hybridized carbons (Fsp3) is 0.976. The molecule has 0 aromatic rings. The summed E-state index contributed by atoms with van der Waals surface area (Å²) in [6, 6.07) is 0. The molecule has 0 saturated carbocycles. The summed E-state index contributed by atoms with van der Waals surface area (Å²) in [6.07, 6.45) is 47.5. The Morgan fingerprint density at radius 2 is 0.636 bits per heavy atom. The zero-order valence-electron chi connectivity index (χ0n) is 31.3. The van der Waals surface area contributed by atoms with E-state index in [1.807, 2.05) is 0 Å². The van der Waals surface area contributed by atoms with E-state index in [0.29, 0.717) is 18.4 Å². The van der Waals surface area contributed by atoms with Crippen molar-refractivity contribution in [1.29, 1.82) is 0 Å². The van der Waals surface area contributed by atoms with E-state index < -0.39 is 0 Å². The highest BCUT2D eigenvalue weighted by atomic mass is 16.5. The highest BCUT2D eigenvalue weighted by Crippen LogP contribution is 2.42. The van der Waals surface area contributed by atoms with Gasteiger partial charge >= 0.3 is 5.97 Å². The lowest BCUT2D eigenvalue weighted by Gasteiger charge is -2.35. The normalized spacial score (nSPS) is 11.8. The molecule has 0 aliphatic rings. The van der Waals surface area contributed by atoms with Crippen LogP contribution in [0.15, 0.2) is 0 Å². The number of rotatable bonds is 37. The van der Waals surface area contributed by atoms with E-state index in [-0.39, 0.29) is 5.97 Å². The standard InChI is InChI=1S/C42H84O2/c1-5-9-13-17-23-26-29-35-41(43)44-40-34-28-25-22-20-18-19-21-24-27-33-39-42(36-30-14-10-6-2,37-31-15-11-7-3)38-32-16-12-8-4/h5-40H2,1-4H3. The predicted octanol–water partition coefficient (Wildman–Crippen LogP) is 15.2. The molecule has 0 fully saturated rings. The second kappa shape index (κ2) is 35.3. The first-order valence-corrected chi connectivity index (χ1v) is 20.8. The summed E-state index contributed by atoms with van der Waals surface area (Å²) in [4.78, 5) is 11.9. The van der Waals surface area contributed by atoms with Gasteiger partial charge in [-0.3, -0.25) is 4.79 Å². The highest BCUT2D eigenvalue weighted by Gasteiger charge is 2.28. The van der Waals surface area contributed by atoms with Crippen molar-refractivity contribution in [2.75, 3.05) is 6.61 Å². The molecule has 0 unspecified atom stereocenters. The zero-order chi connectivity index (χ0) is 32.2. The molecule has 0 atom stereocenters. The molecule has 0 rings (SSSR count). The third kappa shape index (κ3) is 30.1. The average molecular weight is 621 g/mol. The maximum Gasteiger partial charge on any atom is 0.305 e. The maximum absolute atomic E-state index is 11.9. The van der Waals surface area contributed by atoms with E-state index in [9.17, 15) is 4.79 Å². The van der Waals surface area contributed by atoms with Crippen molar-refractivity contribution in [3.05, 3.63) is 0 Å². The largest absolute Gasteiger partial charge is 0.466 e. The summed E-state index contributed by atoms with van der Waals surface area (Å²) < 4.78 is 5.45. The fourth-order valence-electron chi connectivity index (χ4n) is 7.21. The van der Waals surface area contributed by atoms with Crippen LogP contribution in [-0.4, -0.2) is 12.6 Å². The Hall–Kier alpha value is -0.530. The van der Waals surface area contributed by atoms with E-state index in [2.05, 4.69) is 27.7 Å². The third-order valence-corrected chi connectivity index (χ3v) is 10.3. The van der Waals surface area contributed by atoms with Crippen LogP contribution in [0.3, 0.4) is 0 Å². The first-order chi connectivity index (χ1) is 21.6. The first-order valence-electron chi connectivity index (χ1n) is 20.8. The number of ether oxygens (including phenoxy) is 1. The van der Waals surface area contributed by atoms with Crippen molar-refractivity contribution >= 4 is 5.97 Å². The molecule has 0 saturated heterocycles. The Morgan fingerprint density at radius 1 is 0.364 bits per heavy atom. The fourth-order valence-corrected chi connectivity index (χ4v) is 7.21.